The summed E-state index contributed by atoms with van der Waals surface area (Å²) in [5, 5.41) is 39.3. The van der Waals surface area contributed by atoms with Gasteiger partial charge < -0.3 is 36.6 Å². The molecule has 0 spiro atoms. The zero-order valence-corrected chi connectivity index (χ0v) is 12.4. The highest BCUT2D eigenvalue weighted by atomic mass is 16.7. The number of Topliss-reactive ketones (excluding diaryl/α,β-unsaturated/α-hetero) is 1. The van der Waals surface area contributed by atoms with E-state index in [-0.39, 0.29) is 6.42 Å². The van der Waals surface area contributed by atoms with Crippen LogP contribution in [0.5, 0.6) is 0 Å². The molecule has 8 nitrogen and oxygen atoms in total. The highest BCUT2D eigenvalue weighted by Crippen LogP contribution is 2.28. The molecule has 0 aromatic heterocycles. The fourth-order valence-electron chi connectivity index (χ4n) is 2.64. The number of ether oxygens (including phenoxy) is 1. The van der Waals surface area contributed by atoms with E-state index in [9.17, 15) is 20.1 Å². The standard InChI is InChI=1S/C15H22N2O6/c16-9(6-8-4-2-1-3-5-8)14(21)15(22)13(17)12(20)11(19)10(7-18)23-15/h1-5,9-13,18-20,22H,6-7,16-17H2/t9-,10+,11+,12-,13+,15?/m0/s1. The van der Waals surface area contributed by atoms with Gasteiger partial charge in [0, 0.05) is 0 Å². The maximum atomic E-state index is 12.5. The van der Waals surface area contributed by atoms with E-state index in [1.54, 1.807) is 24.3 Å². The maximum absolute atomic E-state index is 12.5. The Morgan fingerprint density at radius 1 is 1.26 bits per heavy atom. The molecule has 23 heavy (non-hydrogen) atoms. The quantitative estimate of drug-likeness (QED) is 0.340. The second-order valence-electron chi connectivity index (χ2n) is 5.70. The van der Waals surface area contributed by atoms with Gasteiger partial charge in [0.05, 0.1) is 18.7 Å². The van der Waals surface area contributed by atoms with Crippen molar-refractivity contribution < 1.29 is 30.0 Å². The number of aliphatic hydroxyl groups excluding tert-OH is 3. The zero-order valence-electron chi connectivity index (χ0n) is 12.4. The fraction of sp³-hybridized carbons (Fsp3) is 0.533. The molecule has 0 amide bonds. The van der Waals surface area contributed by atoms with Gasteiger partial charge in [-0.3, -0.25) is 4.79 Å². The molecule has 6 atom stereocenters. The largest absolute Gasteiger partial charge is 0.394 e. The van der Waals surface area contributed by atoms with Gasteiger partial charge >= 0.3 is 0 Å². The summed E-state index contributed by atoms with van der Waals surface area (Å²) >= 11 is 0. The van der Waals surface area contributed by atoms with Gasteiger partial charge in [0.2, 0.25) is 11.6 Å². The molecule has 0 bridgehead atoms. The Balaban J connectivity index is 2.18. The minimum absolute atomic E-state index is 0.139. The van der Waals surface area contributed by atoms with Gasteiger partial charge in [-0.15, -0.1) is 0 Å². The van der Waals surface area contributed by atoms with Crippen molar-refractivity contribution in [2.24, 2.45) is 11.5 Å². The number of ketones is 1. The molecule has 1 aliphatic rings. The molecule has 1 fully saturated rings. The van der Waals surface area contributed by atoms with Gasteiger partial charge in [0.1, 0.15) is 18.3 Å². The predicted octanol–water partition coefficient (Wildman–Crippen LogP) is -2.75. The Morgan fingerprint density at radius 3 is 2.43 bits per heavy atom. The number of hydrogen-bond acceptors (Lipinski definition) is 8. The van der Waals surface area contributed by atoms with E-state index in [0.29, 0.717) is 0 Å². The third-order valence-electron chi connectivity index (χ3n) is 4.05. The molecule has 1 aromatic carbocycles. The minimum Gasteiger partial charge on any atom is -0.394 e. The molecule has 0 aliphatic carbocycles. The second-order valence-corrected chi connectivity index (χ2v) is 5.70. The van der Waals surface area contributed by atoms with Gasteiger partial charge in [-0.05, 0) is 12.0 Å². The average Bonchev–Trinajstić information content (AvgIpc) is 2.56. The van der Waals surface area contributed by atoms with Crippen molar-refractivity contribution in [3.63, 3.8) is 0 Å². The molecule has 128 valence electrons. The van der Waals surface area contributed by atoms with Crippen LogP contribution in [-0.4, -0.2) is 69.0 Å². The Labute approximate surface area is 133 Å². The van der Waals surface area contributed by atoms with E-state index in [4.69, 9.17) is 21.3 Å². The van der Waals surface area contributed by atoms with Crippen LogP contribution in [0.1, 0.15) is 5.56 Å². The van der Waals surface area contributed by atoms with E-state index in [1.807, 2.05) is 6.07 Å². The number of carbonyl (C=O) groups excluding carboxylic acids is 1. The summed E-state index contributed by atoms with van der Waals surface area (Å²) in [6.07, 6.45) is -4.37. The molecule has 8 heteroatoms. The Bertz CT molecular complexity index is 540. The van der Waals surface area contributed by atoms with Crippen molar-refractivity contribution in [3.05, 3.63) is 35.9 Å². The van der Waals surface area contributed by atoms with Crippen molar-refractivity contribution in [1.82, 2.24) is 0 Å². The van der Waals surface area contributed by atoms with Crippen LogP contribution in [0.3, 0.4) is 0 Å². The Hall–Kier alpha value is -1.39. The summed E-state index contributed by atoms with van der Waals surface area (Å²) < 4.78 is 5.08. The molecular weight excluding hydrogens is 304 g/mol. The molecule has 2 rings (SSSR count). The first-order chi connectivity index (χ1) is 10.8. The smallest absolute Gasteiger partial charge is 0.246 e. The van der Waals surface area contributed by atoms with E-state index >= 15 is 0 Å². The van der Waals surface area contributed by atoms with Crippen LogP contribution in [-0.2, 0) is 16.0 Å². The van der Waals surface area contributed by atoms with Crippen molar-refractivity contribution in [2.45, 2.75) is 42.6 Å². The third-order valence-corrected chi connectivity index (χ3v) is 4.05. The molecule has 1 saturated heterocycles. The summed E-state index contributed by atoms with van der Waals surface area (Å²) in [5.74, 6) is -3.50. The molecular formula is C15H22N2O6. The van der Waals surface area contributed by atoms with Crippen molar-refractivity contribution in [1.29, 1.82) is 0 Å². The van der Waals surface area contributed by atoms with E-state index in [0.717, 1.165) is 5.56 Å². The fourth-order valence-corrected chi connectivity index (χ4v) is 2.64. The molecule has 1 heterocycles. The van der Waals surface area contributed by atoms with E-state index in [1.165, 1.54) is 0 Å². The highest BCUT2D eigenvalue weighted by Gasteiger charge is 2.56. The molecule has 1 aliphatic heterocycles. The summed E-state index contributed by atoms with van der Waals surface area (Å²) in [6.45, 7) is -0.700. The monoisotopic (exact) mass is 326 g/mol. The SMILES string of the molecule is N[C@@H]1[C@@H](O)[C@H](O)[C@@H](CO)OC1(O)C(=O)[C@@H](N)Cc1ccccc1. The summed E-state index contributed by atoms with van der Waals surface area (Å²) in [4.78, 5) is 12.5. The van der Waals surface area contributed by atoms with E-state index < -0.39 is 48.6 Å². The number of aliphatic hydroxyl groups is 4. The van der Waals surface area contributed by atoms with Gasteiger partial charge in [-0.2, -0.15) is 0 Å². The number of carbonyl (C=O) groups is 1. The van der Waals surface area contributed by atoms with Crippen LogP contribution in [0.2, 0.25) is 0 Å². The number of nitrogens with two attached hydrogens (primary N) is 2. The summed E-state index contributed by atoms with van der Waals surface area (Å²) in [5.41, 5.74) is 12.3. The van der Waals surface area contributed by atoms with Gasteiger partial charge in [0.15, 0.2) is 0 Å². The molecule has 0 saturated carbocycles. The number of hydrogen-bond donors (Lipinski definition) is 6. The average molecular weight is 326 g/mol. The molecule has 0 radical (unpaired) electrons. The lowest BCUT2D eigenvalue weighted by molar-refractivity contribution is -0.298. The van der Waals surface area contributed by atoms with Crippen LogP contribution in [0.4, 0.5) is 0 Å². The predicted molar refractivity (Wildman–Crippen MR) is 80.0 cm³/mol. The van der Waals surface area contributed by atoms with Crippen molar-refractivity contribution in [3.8, 4) is 0 Å². The van der Waals surface area contributed by atoms with Gasteiger partial charge in [0.25, 0.3) is 0 Å². The van der Waals surface area contributed by atoms with Crippen LogP contribution in [0, 0.1) is 0 Å². The molecule has 8 N–H and O–H groups in total. The maximum Gasteiger partial charge on any atom is 0.246 e. The number of rotatable bonds is 5. The third kappa shape index (κ3) is 3.43. The first kappa shape index (κ1) is 18.0. The van der Waals surface area contributed by atoms with Crippen molar-refractivity contribution >= 4 is 5.78 Å². The van der Waals surface area contributed by atoms with Crippen LogP contribution in [0.25, 0.3) is 0 Å². The van der Waals surface area contributed by atoms with Crippen LogP contribution >= 0.6 is 0 Å². The van der Waals surface area contributed by atoms with Crippen LogP contribution < -0.4 is 11.5 Å². The normalized spacial score (nSPS) is 35.7. The Kier molecular flexibility index (Phi) is 5.48. The molecule has 1 aromatic rings. The van der Waals surface area contributed by atoms with Gasteiger partial charge in [-0.25, -0.2) is 0 Å². The summed E-state index contributed by atoms with van der Waals surface area (Å²) in [7, 11) is 0. The number of benzene rings is 1. The first-order valence-corrected chi connectivity index (χ1v) is 7.27. The minimum atomic E-state index is -2.58. The topological polar surface area (TPSA) is 159 Å². The Morgan fingerprint density at radius 2 is 1.87 bits per heavy atom. The molecule has 1 unspecified atom stereocenters. The lowest BCUT2D eigenvalue weighted by Crippen LogP contribution is -2.73. The van der Waals surface area contributed by atoms with E-state index in [2.05, 4.69) is 0 Å². The second kappa shape index (κ2) is 7.02. The van der Waals surface area contributed by atoms with Gasteiger partial charge in [-0.1, -0.05) is 30.3 Å². The summed E-state index contributed by atoms with van der Waals surface area (Å²) in [6, 6.07) is 6.21. The lowest BCUT2D eigenvalue weighted by Gasteiger charge is -2.45. The van der Waals surface area contributed by atoms with Crippen molar-refractivity contribution in [2.75, 3.05) is 6.61 Å². The zero-order chi connectivity index (χ0) is 17.2. The van der Waals surface area contributed by atoms with Crippen LogP contribution in [0.15, 0.2) is 30.3 Å². The lowest BCUT2D eigenvalue weighted by atomic mass is 9.85. The first-order valence-electron chi connectivity index (χ1n) is 7.27. The highest BCUT2D eigenvalue weighted by molar-refractivity contribution is 5.91.